The Labute approximate surface area is 101 Å². The minimum Gasteiger partial charge on any atom is -0.370 e. The Balaban J connectivity index is 2.43. The van der Waals surface area contributed by atoms with Crippen molar-refractivity contribution in [2.24, 2.45) is 5.73 Å². The molecule has 0 aliphatic rings. The first-order valence-corrected chi connectivity index (χ1v) is 6.41. The maximum Gasteiger partial charge on any atom is 0.218 e. The van der Waals surface area contributed by atoms with Crippen LogP contribution in [0.3, 0.4) is 0 Å². The summed E-state index contributed by atoms with van der Waals surface area (Å²) in [5, 5.41) is 3.28. The zero-order chi connectivity index (χ0) is 11.8. The van der Waals surface area contributed by atoms with Crippen molar-refractivity contribution >= 4 is 17.7 Å². The van der Waals surface area contributed by atoms with Crippen LogP contribution in [0.5, 0.6) is 0 Å². The Bertz CT molecular complexity index is 342. The van der Waals surface area contributed by atoms with Gasteiger partial charge < -0.3 is 11.1 Å². The van der Waals surface area contributed by atoms with Crippen LogP contribution in [-0.4, -0.2) is 18.2 Å². The third kappa shape index (κ3) is 5.19. The molecule has 1 aromatic carbocycles. The number of primary amides is 1. The second-order valence-electron chi connectivity index (χ2n) is 3.49. The van der Waals surface area contributed by atoms with E-state index in [4.69, 9.17) is 5.73 Å². The largest absolute Gasteiger partial charge is 0.370 e. The van der Waals surface area contributed by atoms with E-state index in [1.54, 1.807) is 11.8 Å². The predicted octanol–water partition coefficient (Wildman–Crippen LogP) is 1.76. The molecule has 0 saturated heterocycles. The molecule has 0 fully saturated rings. The van der Waals surface area contributed by atoms with E-state index < -0.39 is 0 Å². The summed E-state index contributed by atoms with van der Waals surface area (Å²) in [5.74, 6) is 0.510. The number of amides is 1. The average molecular weight is 238 g/mol. The lowest BCUT2D eigenvalue weighted by Crippen LogP contribution is -2.11. The molecule has 0 aliphatic carbocycles. The Morgan fingerprint density at radius 1 is 1.50 bits per heavy atom. The van der Waals surface area contributed by atoms with E-state index in [1.807, 2.05) is 6.07 Å². The van der Waals surface area contributed by atoms with E-state index in [1.165, 1.54) is 10.5 Å². The standard InChI is InChI=1S/C12H18N2OS/c1-2-14-9-10-4-3-5-11(8-10)16-7-6-12(13)15/h3-5,8,14H,2,6-7,9H2,1H3,(H2,13,15). The number of carbonyl (C=O) groups is 1. The summed E-state index contributed by atoms with van der Waals surface area (Å²) in [6.45, 7) is 3.95. The van der Waals surface area contributed by atoms with E-state index in [9.17, 15) is 4.79 Å². The van der Waals surface area contributed by atoms with Gasteiger partial charge in [0, 0.05) is 23.6 Å². The van der Waals surface area contributed by atoms with Gasteiger partial charge in [0.25, 0.3) is 0 Å². The summed E-state index contributed by atoms with van der Waals surface area (Å²) in [6.07, 6.45) is 0.433. The van der Waals surface area contributed by atoms with E-state index in [0.29, 0.717) is 6.42 Å². The highest BCUT2D eigenvalue weighted by Gasteiger charge is 1.98. The molecule has 4 heteroatoms. The van der Waals surface area contributed by atoms with E-state index in [0.717, 1.165) is 18.8 Å². The Kier molecular flexibility index (Phi) is 5.96. The van der Waals surface area contributed by atoms with Gasteiger partial charge in [0.05, 0.1) is 0 Å². The minimum atomic E-state index is -0.240. The summed E-state index contributed by atoms with van der Waals surface area (Å²) in [5.41, 5.74) is 6.36. The molecule has 0 spiro atoms. The van der Waals surface area contributed by atoms with E-state index in [2.05, 4.69) is 30.4 Å². The lowest BCUT2D eigenvalue weighted by atomic mass is 10.2. The highest BCUT2D eigenvalue weighted by molar-refractivity contribution is 7.99. The third-order valence-electron chi connectivity index (χ3n) is 2.09. The molecular weight excluding hydrogens is 220 g/mol. The number of nitrogens with one attached hydrogen (secondary N) is 1. The van der Waals surface area contributed by atoms with Crippen molar-refractivity contribution in [1.82, 2.24) is 5.32 Å². The third-order valence-corrected chi connectivity index (χ3v) is 3.09. The van der Waals surface area contributed by atoms with Crippen LogP contribution in [0.2, 0.25) is 0 Å². The maximum atomic E-state index is 10.6. The second kappa shape index (κ2) is 7.30. The summed E-state index contributed by atoms with van der Waals surface area (Å²) in [6, 6.07) is 8.34. The summed E-state index contributed by atoms with van der Waals surface area (Å²) in [4.78, 5) is 11.8. The monoisotopic (exact) mass is 238 g/mol. The maximum absolute atomic E-state index is 10.6. The van der Waals surface area contributed by atoms with Gasteiger partial charge >= 0.3 is 0 Å². The van der Waals surface area contributed by atoms with Gasteiger partial charge in [-0.1, -0.05) is 19.1 Å². The van der Waals surface area contributed by atoms with Crippen LogP contribution >= 0.6 is 11.8 Å². The van der Waals surface area contributed by atoms with Crippen LogP contribution in [0.1, 0.15) is 18.9 Å². The van der Waals surface area contributed by atoms with Crippen LogP contribution in [0, 0.1) is 0 Å². The van der Waals surface area contributed by atoms with Gasteiger partial charge in [-0.05, 0) is 24.2 Å². The van der Waals surface area contributed by atoms with Crippen LogP contribution in [0.4, 0.5) is 0 Å². The molecular formula is C12H18N2OS. The minimum absolute atomic E-state index is 0.240. The van der Waals surface area contributed by atoms with Crippen LogP contribution in [0.15, 0.2) is 29.2 Å². The van der Waals surface area contributed by atoms with Gasteiger partial charge in [0.15, 0.2) is 0 Å². The SMILES string of the molecule is CCNCc1cccc(SCCC(N)=O)c1. The second-order valence-corrected chi connectivity index (χ2v) is 4.66. The van der Waals surface area contributed by atoms with Gasteiger partial charge in [-0.25, -0.2) is 0 Å². The molecule has 3 nitrogen and oxygen atoms in total. The van der Waals surface area contributed by atoms with Gasteiger partial charge in [0.2, 0.25) is 5.91 Å². The topological polar surface area (TPSA) is 55.1 Å². The lowest BCUT2D eigenvalue weighted by Gasteiger charge is -2.05. The fourth-order valence-corrected chi connectivity index (χ4v) is 2.23. The highest BCUT2D eigenvalue weighted by atomic mass is 32.2. The smallest absolute Gasteiger partial charge is 0.218 e. The van der Waals surface area contributed by atoms with Crippen LogP contribution in [0.25, 0.3) is 0 Å². The number of hydrogen-bond donors (Lipinski definition) is 2. The fourth-order valence-electron chi connectivity index (χ4n) is 1.28. The molecule has 0 bridgehead atoms. The van der Waals surface area contributed by atoms with Crippen molar-refractivity contribution in [2.45, 2.75) is 24.8 Å². The molecule has 1 rings (SSSR count). The van der Waals surface area contributed by atoms with Gasteiger partial charge in [0.1, 0.15) is 0 Å². The summed E-state index contributed by atoms with van der Waals surface area (Å²) < 4.78 is 0. The van der Waals surface area contributed by atoms with Crippen molar-refractivity contribution < 1.29 is 4.79 Å². The summed E-state index contributed by atoms with van der Waals surface area (Å²) in [7, 11) is 0. The molecule has 88 valence electrons. The Morgan fingerprint density at radius 2 is 2.31 bits per heavy atom. The number of hydrogen-bond acceptors (Lipinski definition) is 3. The van der Waals surface area contributed by atoms with Crippen LogP contribution < -0.4 is 11.1 Å². The van der Waals surface area contributed by atoms with Gasteiger partial charge in [-0.3, -0.25) is 4.79 Å². The van der Waals surface area contributed by atoms with E-state index in [-0.39, 0.29) is 5.91 Å². The highest BCUT2D eigenvalue weighted by Crippen LogP contribution is 2.19. The quantitative estimate of drug-likeness (QED) is 0.712. The molecule has 0 saturated carbocycles. The molecule has 0 aromatic heterocycles. The van der Waals surface area contributed by atoms with Gasteiger partial charge in [-0.15, -0.1) is 11.8 Å². The Morgan fingerprint density at radius 3 is 3.00 bits per heavy atom. The van der Waals surface area contributed by atoms with Crippen molar-refractivity contribution in [3.8, 4) is 0 Å². The van der Waals surface area contributed by atoms with Gasteiger partial charge in [-0.2, -0.15) is 0 Å². The number of benzene rings is 1. The first-order valence-electron chi connectivity index (χ1n) is 5.43. The fraction of sp³-hybridized carbons (Fsp3) is 0.417. The molecule has 3 N–H and O–H groups in total. The molecule has 0 atom stereocenters. The molecule has 16 heavy (non-hydrogen) atoms. The molecule has 0 aliphatic heterocycles. The first-order chi connectivity index (χ1) is 7.72. The number of carbonyl (C=O) groups excluding carboxylic acids is 1. The first kappa shape index (κ1) is 13.1. The predicted molar refractivity (Wildman–Crippen MR) is 68.4 cm³/mol. The summed E-state index contributed by atoms with van der Waals surface area (Å²) >= 11 is 1.67. The van der Waals surface area contributed by atoms with Crippen molar-refractivity contribution in [3.05, 3.63) is 29.8 Å². The molecule has 0 unspecified atom stereocenters. The average Bonchev–Trinajstić information content (AvgIpc) is 2.26. The zero-order valence-corrected chi connectivity index (χ0v) is 10.3. The normalized spacial score (nSPS) is 10.3. The number of nitrogens with two attached hydrogens (primary N) is 1. The number of thioether (sulfide) groups is 1. The lowest BCUT2D eigenvalue weighted by molar-refractivity contribution is -0.117. The van der Waals surface area contributed by atoms with Crippen molar-refractivity contribution in [1.29, 1.82) is 0 Å². The molecule has 0 heterocycles. The molecule has 1 amide bonds. The van der Waals surface area contributed by atoms with E-state index >= 15 is 0 Å². The molecule has 0 radical (unpaired) electrons. The zero-order valence-electron chi connectivity index (χ0n) is 9.53. The Hall–Kier alpha value is -1.00. The number of rotatable bonds is 7. The molecule has 1 aromatic rings. The van der Waals surface area contributed by atoms with Crippen molar-refractivity contribution in [3.63, 3.8) is 0 Å². The van der Waals surface area contributed by atoms with Crippen molar-refractivity contribution in [2.75, 3.05) is 12.3 Å². The van der Waals surface area contributed by atoms with Crippen LogP contribution in [-0.2, 0) is 11.3 Å².